The van der Waals surface area contributed by atoms with Gasteiger partial charge in [0.25, 0.3) is 5.91 Å². The van der Waals surface area contributed by atoms with E-state index in [-0.39, 0.29) is 18.7 Å². The van der Waals surface area contributed by atoms with E-state index in [2.05, 4.69) is 10.6 Å². The second kappa shape index (κ2) is 10.1. The van der Waals surface area contributed by atoms with Crippen molar-refractivity contribution in [1.82, 2.24) is 5.32 Å². The Hall–Kier alpha value is -3.39. The molecular weight excluding hydrogens is 364 g/mol. The summed E-state index contributed by atoms with van der Waals surface area (Å²) in [6.45, 7) is 2.34. The lowest BCUT2D eigenvalue weighted by Gasteiger charge is -2.10. The number of carboxylic acid groups (broad SMARTS) is 1. The van der Waals surface area contributed by atoms with Crippen molar-refractivity contribution in [2.24, 2.45) is 0 Å². The van der Waals surface area contributed by atoms with Crippen LogP contribution in [0.5, 0.6) is 5.75 Å². The molecule has 0 aliphatic rings. The summed E-state index contributed by atoms with van der Waals surface area (Å²) in [4.78, 5) is 35.5. The van der Waals surface area contributed by atoms with Crippen LogP contribution in [-0.2, 0) is 16.1 Å². The van der Waals surface area contributed by atoms with Gasteiger partial charge in [-0.3, -0.25) is 9.59 Å². The van der Waals surface area contributed by atoms with Crippen LogP contribution in [0.2, 0.25) is 0 Å². The van der Waals surface area contributed by atoms with Gasteiger partial charge in [0.1, 0.15) is 5.75 Å². The Bertz CT molecular complexity index is 848. The number of rotatable bonds is 9. The van der Waals surface area contributed by atoms with Crippen molar-refractivity contribution >= 4 is 23.5 Å². The number of carboxylic acids is 1. The molecule has 0 spiro atoms. The molecule has 2 rings (SSSR count). The van der Waals surface area contributed by atoms with E-state index in [9.17, 15) is 19.5 Å². The van der Waals surface area contributed by atoms with Gasteiger partial charge in [-0.05, 0) is 55.0 Å². The van der Waals surface area contributed by atoms with Crippen LogP contribution in [0, 0.1) is 0 Å². The Labute approximate surface area is 162 Å². The van der Waals surface area contributed by atoms with Crippen molar-refractivity contribution in [3.05, 3.63) is 59.2 Å². The van der Waals surface area contributed by atoms with Crippen molar-refractivity contribution in [1.29, 1.82) is 0 Å². The highest BCUT2D eigenvalue weighted by atomic mass is 16.5. The quantitative estimate of drug-likeness (QED) is 0.609. The van der Waals surface area contributed by atoms with Gasteiger partial charge < -0.3 is 25.2 Å². The SMILES string of the molecule is CCOc1ccc(C(=O)NCC(=O)Nc2cc(COC)cc(C(=O)O)c2)cc1. The first kappa shape index (κ1) is 20.9. The predicted molar refractivity (Wildman–Crippen MR) is 103 cm³/mol. The normalized spacial score (nSPS) is 10.2. The van der Waals surface area contributed by atoms with Gasteiger partial charge in [-0.1, -0.05) is 0 Å². The van der Waals surface area contributed by atoms with E-state index in [1.807, 2.05) is 6.92 Å². The van der Waals surface area contributed by atoms with Gasteiger partial charge in [-0.15, -0.1) is 0 Å². The number of hydrogen-bond acceptors (Lipinski definition) is 5. The third-order valence-corrected chi connectivity index (χ3v) is 3.67. The minimum Gasteiger partial charge on any atom is -0.494 e. The molecule has 8 nitrogen and oxygen atoms in total. The van der Waals surface area contributed by atoms with Crippen molar-refractivity contribution in [2.75, 3.05) is 25.6 Å². The topological polar surface area (TPSA) is 114 Å². The molecule has 0 aromatic heterocycles. The maximum absolute atomic E-state index is 12.1. The molecule has 0 saturated heterocycles. The van der Waals surface area contributed by atoms with Gasteiger partial charge in [0.05, 0.1) is 25.3 Å². The van der Waals surface area contributed by atoms with E-state index in [0.29, 0.717) is 29.2 Å². The molecule has 0 aliphatic heterocycles. The van der Waals surface area contributed by atoms with Crippen LogP contribution in [0.3, 0.4) is 0 Å². The van der Waals surface area contributed by atoms with Gasteiger partial charge in [0, 0.05) is 18.4 Å². The molecule has 0 bridgehead atoms. The zero-order valence-electron chi connectivity index (χ0n) is 15.7. The van der Waals surface area contributed by atoms with Gasteiger partial charge in [0.2, 0.25) is 5.91 Å². The van der Waals surface area contributed by atoms with E-state index in [0.717, 1.165) is 0 Å². The van der Waals surface area contributed by atoms with E-state index >= 15 is 0 Å². The molecule has 0 unspecified atom stereocenters. The summed E-state index contributed by atoms with van der Waals surface area (Å²) >= 11 is 0. The number of methoxy groups -OCH3 is 1. The Morgan fingerprint density at radius 1 is 1.04 bits per heavy atom. The lowest BCUT2D eigenvalue weighted by Crippen LogP contribution is -2.32. The first-order valence-electron chi connectivity index (χ1n) is 8.60. The van der Waals surface area contributed by atoms with Crippen LogP contribution in [0.1, 0.15) is 33.2 Å². The maximum atomic E-state index is 12.1. The number of hydrogen-bond donors (Lipinski definition) is 3. The van der Waals surface area contributed by atoms with E-state index in [1.54, 1.807) is 30.3 Å². The molecule has 0 atom stereocenters. The third kappa shape index (κ3) is 6.10. The number of benzene rings is 2. The largest absolute Gasteiger partial charge is 0.494 e. The maximum Gasteiger partial charge on any atom is 0.335 e. The molecule has 2 aromatic rings. The van der Waals surface area contributed by atoms with Gasteiger partial charge >= 0.3 is 5.97 Å². The Kier molecular flexibility index (Phi) is 7.53. The lowest BCUT2D eigenvalue weighted by molar-refractivity contribution is -0.115. The molecule has 0 aliphatic carbocycles. The minimum atomic E-state index is -1.11. The molecule has 148 valence electrons. The summed E-state index contributed by atoms with van der Waals surface area (Å²) < 4.78 is 10.3. The average Bonchev–Trinajstić information content (AvgIpc) is 2.67. The van der Waals surface area contributed by atoms with Gasteiger partial charge in [0.15, 0.2) is 0 Å². The fraction of sp³-hybridized carbons (Fsp3) is 0.250. The molecule has 0 saturated carbocycles. The number of carbonyl (C=O) groups is 3. The van der Waals surface area contributed by atoms with Crippen molar-refractivity contribution in [2.45, 2.75) is 13.5 Å². The number of ether oxygens (including phenoxy) is 2. The standard InChI is InChI=1S/C20H22N2O6/c1-3-28-17-6-4-14(5-7-17)19(24)21-11-18(23)22-16-9-13(12-27-2)8-15(10-16)20(25)26/h4-10H,3,11-12H2,1-2H3,(H,21,24)(H,22,23)(H,25,26). The molecule has 0 heterocycles. The molecular formula is C20H22N2O6. The number of anilines is 1. The molecule has 28 heavy (non-hydrogen) atoms. The van der Waals surface area contributed by atoms with Crippen molar-refractivity contribution < 1.29 is 29.0 Å². The fourth-order valence-corrected chi connectivity index (χ4v) is 2.47. The van der Waals surface area contributed by atoms with Crippen LogP contribution in [-0.4, -0.2) is 43.2 Å². The van der Waals surface area contributed by atoms with E-state index in [1.165, 1.54) is 19.2 Å². The summed E-state index contributed by atoms with van der Waals surface area (Å²) in [6, 6.07) is 11.0. The highest BCUT2D eigenvalue weighted by molar-refractivity contribution is 6.00. The zero-order valence-corrected chi connectivity index (χ0v) is 15.7. The number of nitrogens with one attached hydrogen (secondary N) is 2. The molecule has 2 aromatic carbocycles. The summed E-state index contributed by atoms with van der Waals surface area (Å²) in [5.41, 5.74) is 1.35. The Morgan fingerprint density at radius 3 is 2.36 bits per heavy atom. The minimum absolute atomic E-state index is 0.0308. The van der Waals surface area contributed by atoms with Crippen LogP contribution in [0.25, 0.3) is 0 Å². The predicted octanol–water partition coefficient (Wildman–Crippen LogP) is 2.30. The number of amides is 2. The third-order valence-electron chi connectivity index (χ3n) is 3.67. The number of carbonyl (C=O) groups excluding carboxylic acids is 2. The second-order valence-corrected chi connectivity index (χ2v) is 5.85. The van der Waals surface area contributed by atoms with Crippen molar-refractivity contribution in [3.8, 4) is 5.75 Å². The van der Waals surface area contributed by atoms with Crippen LogP contribution in [0.15, 0.2) is 42.5 Å². The average molecular weight is 386 g/mol. The van der Waals surface area contributed by atoms with Gasteiger partial charge in [-0.25, -0.2) is 4.79 Å². The summed E-state index contributed by atoms with van der Waals surface area (Å²) in [5, 5.41) is 14.3. The van der Waals surface area contributed by atoms with Crippen molar-refractivity contribution in [3.63, 3.8) is 0 Å². The highest BCUT2D eigenvalue weighted by Gasteiger charge is 2.11. The molecule has 0 radical (unpaired) electrons. The smallest absolute Gasteiger partial charge is 0.335 e. The lowest BCUT2D eigenvalue weighted by atomic mass is 10.1. The number of aromatic carboxylic acids is 1. The van der Waals surface area contributed by atoms with Gasteiger partial charge in [-0.2, -0.15) is 0 Å². The van der Waals surface area contributed by atoms with Crippen LogP contribution < -0.4 is 15.4 Å². The second-order valence-electron chi connectivity index (χ2n) is 5.85. The monoisotopic (exact) mass is 386 g/mol. The van der Waals surface area contributed by atoms with E-state index in [4.69, 9.17) is 9.47 Å². The summed E-state index contributed by atoms with van der Waals surface area (Å²) in [7, 11) is 1.49. The Balaban J connectivity index is 1.96. The molecule has 2 amide bonds. The van der Waals surface area contributed by atoms with Crippen LogP contribution in [0.4, 0.5) is 5.69 Å². The first-order valence-corrected chi connectivity index (χ1v) is 8.60. The summed E-state index contributed by atoms with van der Waals surface area (Å²) in [5.74, 6) is -1.35. The Morgan fingerprint density at radius 2 is 1.75 bits per heavy atom. The zero-order chi connectivity index (χ0) is 20.5. The van der Waals surface area contributed by atoms with Crippen LogP contribution >= 0.6 is 0 Å². The molecule has 8 heteroatoms. The molecule has 3 N–H and O–H groups in total. The fourth-order valence-electron chi connectivity index (χ4n) is 2.47. The summed E-state index contributed by atoms with van der Waals surface area (Å²) in [6.07, 6.45) is 0. The highest BCUT2D eigenvalue weighted by Crippen LogP contribution is 2.16. The molecule has 0 fully saturated rings. The first-order chi connectivity index (χ1) is 13.4. The van der Waals surface area contributed by atoms with E-state index < -0.39 is 17.8 Å².